The van der Waals surface area contributed by atoms with Gasteiger partial charge in [-0.3, -0.25) is 0 Å². The summed E-state index contributed by atoms with van der Waals surface area (Å²) in [4.78, 5) is 6.64. The van der Waals surface area contributed by atoms with Crippen molar-refractivity contribution in [1.82, 2.24) is 9.88 Å². The molecule has 0 saturated carbocycles. The van der Waals surface area contributed by atoms with Crippen molar-refractivity contribution < 1.29 is 14.2 Å². The number of hydrogen-bond donors (Lipinski definition) is 0. The first-order chi connectivity index (χ1) is 10.8. The Morgan fingerprint density at radius 3 is 3.05 bits per heavy atom. The van der Waals surface area contributed by atoms with Crippen molar-refractivity contribution in [3.8, 4) is 5.88 Å². The summed E-state index contributed by atoms with van der Waals surface area (Å²) in [7, 11) is 0. The monoisotopic (exact) mass is 326 g/mol. The van der Waals surface area contributed by atoms with Crippen molar-refractivity contribution in [2.45, 2.75) is 25.6 Å². The van der Waals surface area contributed by atoms with E-state index in [0.29, 0.717) is 23.4 Å². The van der Waals surface area contributed by atoms with Crippen LogP contribution in [0.25, 0.3) is 0 Å². The van der Waals surface area contributed by atoms with Gasteiger partial charge in [0.15, 0.2) is 6.29 Å². The maximum absolute atomic E-state index is 6.07. The van der Waals surface area contributed by atoms with Crippen LogP contribution in [-0.4, -0.2) is 55.6 Å². The summed E-state index contributed by atoms with van der Waals surface area (Å²) in [6.45, 7) is 5.35. The number of pyridine rings is 1. The van der Waals surface area contributed by atoms with Gasteiger partial charge < -0.3 is 19.1 Å². The molecule has 2 aliphatic heterocycles. The fourth-order valence-corrected chi connectivity index (χ4v) is 3.20. The minimum absolute atomic E-state index is 0.0102. The molecule has 0 aliphatic carbocycles. The molecule has 0 aromatic carbocycles. The van der Waals surface area contributed by atoms with E-state index in [-0.39, 0.29) is 6.29 Å². The van der Waals surface area contributed by atoms with Crippen molar-refractivity contribution >= 4 is 11.6 Å². The van der Waals surface area contributed by atoms with Crippen LogP contribution < -0.4 is 4.74 Å². The maximum atomic E-state index is 6.07. The molecule has 1 aromatic rings. The molecular weight excluding hydrogens is 304 g/mol. The summed E-state index contributed by atoms with van der Waals surface area (Å²) in [5.74, 6) is 1.06. The lowest BCUT2D eigenvalue weighted by Gasteiger charge is -2.32. The summed E-state index contributed by atoms with van der Waals surface area (Å²) in [5.41, 5.74) is 0. The Balaban J connectivity index is 1.41. The van der Waals surface area contributed by atoms with Crippen molar-refractivity contribution in [2.24, 2.45) is 5.92 Å². The highest BCUT2D eigenvalue weighted by atomic mass is 35.5. The van der Waals surface area contributed by atoms with Crippen LogP contribution in [0.4, 0.5) is 0 Å². The molecule has 5 nitrogen and oxygen atoms in total. The molecule has 0 amide bonds. The first kappa shape index (κ1) is 16.0. The lowest BCUT2D eigenvalue weighted by molar-refractivity contribution is -0.0534. The largest absolute Gasteiger partial charge is 0.476 e. The average Bonchev–Trinajstić information content (AvgIpc) is 3.06. The van der Waals surface area contributed by atoms with Crippen LogP contribution in [0.3, 0.4) is 0 Å². The van der Waals surface area contributed by atoms with Gasteiger partial charge in [0.25, 0.3) is 0 Å². The number of halogens is 1. The molecule has 122 valence electrons. The number of ether oxygens (including phenoxy) is 3. The zero-order valence-corrected chi connectivity index (χ0v) is 13.5. The molecule has 1 aromatic heterocycles. The second-order valence-electron chi connectivity index (χ2n) is 5.87. The van der Waals surface area contributed by atoms with Gasteiger partial charge in [0.2, 0.25) is 5.88 Å². The van der Waals surface area contributed by atoms with Gasteiger partial charge in [0, 0.05) is 31.6 Å². The van der Waals surface area contributed by atoms with Gasteiger partial charge in [-0.2, -0.15) is 0 Å². The highest BCUT2D eigenvalue weighted by Crippen LogP contribution is 2.23. The zero-order valence-electron chi connectivity index (χ0n) is 12.7. The number of likely N-dealkylation sites (tertiary alicyclic amines) is 1. The topological polar surface area (TPSA) is 43.8 Å². The van der Waals surface area contributed by atoms with E-state index < -0.39 is 0 Å². The lowest BCUT2D eigenvalue weighted by Crippen LogP contribution is -2.39. The minimum atomic E-state index is -0.0102. The third kappa shape index (κ3) is 4.56. The standard InChI is InChI=1S/C16H23ClN2O3/c17-14-4-1-6-18-16(14)22-12-13-3-2-7-19(11-13)8-5-15-20-9-10-21-15/h1,4,6,13,15H,2-3,5,7-12H2. The van der Waals surface area contributed by atoms with E-state index in [1.807, 2.05) is 6.07 Å². The van der Waals surface area contributed by atoms with Gasteiger partial charge in [-0.05, 0) is 31.5 Å². The summed E-state index contributed by atoms with van der Waals surface area (Å²) < 4.78 is 16.8. The Morgan fingerprint density at radius 2 is 2.23 bits per heavy atom. The lowest BCUT2D eigenvalue weighted by atomic mass is 9.99. The third-order valence-electron chi connectivity index (χ3n) is 4.16. The van der Waals surface area contributed by atoms with Gasteiger partial charge in [-0.25, -0.2) is 4.98 Å². The van der Waals surface area contributed by atoms with Crippen molar-refractivity contribution in [3.05, 3.63) is 23.4 Å². The minimum Gasteiger partial charge on any atom is -0.476 e. The number of aromatic nitrogens is 1. The van der Waals surface area contributed by atoms with Crippen LogP contribution in [0.5, 0.6) is 5.88 Å². The Labute approximate surface area is 136 Å². The van der Waals surface area contributed by atoms with E-state index in [0.717, 1.165) is 39.3 Å². The number of nitrogens with zero attached hydrogens (tertiary/aromatic N) is 2. The van der Waals surface area contributed by atoms with E-state index >= 15 is 0 Å². The number of rotatable bonds is 6. The predicted octanol–water partition coefficient (Wildman–Crippen LogP) is 2.59. The normalized spacial score (nSPS) is 23.8. The van der Waals surface area contributed by atoms with Crippen LogP contribution in [0.1, 0.15) is 19.3 Å². The van der Waals surface area contributed by atoms with Crippen LogP contribution in [-0.2, 0) is 9.47 Å². The van der Waals surface area contributed by atoms with Crippen LogP contribution in [0, 0.1) is 5.92 Å². The molecular formula is C16H23ClN2O3. The second-order valence-corrected chi connectivity index (χ2v) is 6.28. The molecule has 0 bridgehead atoms. The molecule has 2 aliphatic rings. The van der Waals surface area contributed by atoms with E-state index in [1.54, 1.807) is 12.3 Å². The molecule has 3 heterocycles. The summed E-state index contributed by atoms with van der Waals surface area (Å²) in [6.07, 6.45) is 5.03. The van der Waals surface area contributed by atoms with Crippen molar-refractivity contribution in [2.75, 3.05) is 39.5 Å². The summed E-state index contributed by atoms with van der Waals surface area (Å²) in [6, 6.07) is 3.61. The van der Waals surface area contributed by atoms with Gasteiger partial charge in [-0.15, -0.1) is 0 Å². The molecule has 0 radical (unpaired) electrons. The Morgan fingerprint density at radius 1 is 1.36 bits per heavy atom. The van der Waals surface area contributed by atoms with Gasteiger partial charge in [-0.1, -0.05) is 11.6 Å². The Kier molecular flexibility index (Phi) is 5.89. The third-order valence-corrected chi connectivity index (χ3v) is 4.44. The predicted molar refractivity (Wildman–Crippen MR) is 84.2 cm³/mol. The van der Waals surface area contributed by atoms with Gasteiger partial charge in [0.1, 0.15) is 5.02 Å². The van der Waals surface area contributed by atoms with Crippen LogP contribution in [0.15, 0.2) is 18.3 Å². The van der Waals surface area contributed by atoms with Crippen molar-refractivity contribution in [1.29, 1.82) is 0 Å². The first-order valence-corrected chi connectivity index (χ1v) is 8.38. The first-order valence-electron chi connectivity index (χ1n) is 8.00. The molecule has 1 atom stereocenters. The molecule has 3 rings (SSSR count). The fraction of sp³-hybridized carbons (Fsp3) is 0.688. The fourth-order valence-electron chi connectivity index (χ4n) is 3.03. The van der Waals surface area contributed by atoms with Crippen LogP contribution in [0.2, 0.25) is 5.02 Å². The molecule has 0 N–H and O–H groups in total. The van der Waals surface area contributed by atoms with Crippen LogP contribution >= 0.6 is 11.6 Å². The maximum Gasteiger partial charge on any atom is 0.232 e. The smallest absolute Gasteiger partial charge is 0.232 e. The molecule has 1 unspecified atom stereocenters. The van der Waals surface area contributed by atoms with E-state index in [9.17, 15) is 0 Å². The van der Waals surface area contributed by atoms with Crippen molar-refractivity contribution in [3.63, 3.8) is 0 Å². The second kappa shape index (κ2) is 8.11. The SMILES string of the molecule is Clc1cccnc1OCC1CCCN(CCC2OCCO2)C1. The molecule has 2 saturated heterocycles. The average molecular weight is 327 g/mol. The van der Waals surface area contributed by atoms with E-state index in [2.05, 4.69) is 9.88 Å². The number of piperidine rings is 1. The molecule has 2 fully saturated rings. The van der Waals surface area contributed by atoms with E-state index in [1.165, 1.54) is 12.8 Å². The Hall–Kier alpha value is -0.880. The zero-order chi connectivity index (χ0) is 15.2. The summed E-state index contributed by atoms with van der Waals surface area (Å²) in [5, 5.41) is 0.575. The van der Waals surface area contributed by atoms with Gasteiger partial charge >= 0.3 is 0 Å². The van der Waals surface area contributed by atoms with E-state index in [4.69, 9.17) is 25.8 Å². The Bertz CT molecular complexity index is 468. The molecule has 0 spiro atoms. The highest BCUT2D eigenvalue weighted by molar-refractivity contribution is 6.31. The number of hydrogen-bond acceptors (Lipinski definition) is 5. The molecule has 22 heavy (non-hydrogen) atoms. The van der Waals surface area contributed by atoms with Gasteiger partial charge in [0.05, 0.1) is 19.8 Å². The highest BCUT2D eigenvalue weighted by Gasteiger charge is 2.23. The summed E-state index contributed by atoms with van der Waals surface area (Å²) >= 11 is 6.07. The quantitative estimate of drug-likeness (QED) is 0.804. The molecule has 6 heteroatoms.